The van der Waals surface area contributed by atoms with Crippen molar-refractivity contribution in [2.75, 3.05) is 7.11 Å². The van der Waals surface area contributed by atoms with E-state index in [2.05, 4.69) is 19.9 Å². The van der Waals surface area contributed by atoms with Gasteiger partial charge in [0.1, 0.15) is 0 Å². The molecule has 0 spiro atoms. The molecule has 0 aliphatic heterocycles. The van der Waals surface area contributed by atoms with Crippen molar-refractivity contribution in [2.24, 2.45) is 0 Å². The van der Waals surface area contributed by atoms with Gasteiger partial charge in [-0.1, -0.05) is 23.3 Å². The first-order chi connectivity index (χ1) is 10.3. The highest BCUT2D eigenvalue weighted by molar-refractivity contribution is 6.23. The smallest absolute Gasteiger partial charge is 0.228 e. The third-order valence-electron chi connectivity index (χ3n) is 3.65. The Morgan fingerprint density at radius 3 is 2.32 bits per heavy atom. The Hall–Kier alpha value is -2.10. The highest BCUT2D eigenvalue weighted by Gasteiger charge is 2.32. The van der Waals surface area contributed by atoms with E-state index in [4.69, 9.17) is 4.74 Å². The number of Topliss-reactive ketones (excluding diaryl/α,β-unsaturated/α-hetero) is 2. The van der Waals surface area contributed by atoms with E-state index in [-0.39, 0.29) is 5.76 Å². The highest BCUT2D eigenvalue weighted by atomic mass is 16.5. The average Bonchev–Trinajstić information content (AvgIpc) is 2.45. The number of ether oxygens (including phenoxy) is 1. The summed E-state index contributed by atoms with van der Waals surface area (Å²) < 4.78 is 4.81. The molecule has 0 saturated heterocycles. The quantitative estimate of drug-likeness (QED) is 0.596. The summed E-state index contributed by atoms with van der Waals surface area (Å²) >= 11 is 0. The van der Waals surface area contributed by atoms with E-state index in [1.54, 1.807) is 6.92 Å². The van der Waals surface area contributed by atoms with Crippen LogP contribution in [0, 0.1) is 0 Å². The van der Waals surface area contributed by atoms with Crippen molar-refractivity contribution in [1.29, 1.82) is 0 Å². The summed E-state index contributed by atoms with van der Waals surface area (Å²) in [7, 11) is 1.27. The van der Waals surface area contributed by atoms with E-state index in [0.29, 0.717) is 17.6 Å². The standard InChI is InChI=1S/C18H24O4/c1-11(2)7-6-8-12(3)9-10-14-13(4)15(19)18(22-5)17(21)16(14)20/h7,9,21H,6,8,10H2,1-5H3/b12-9+. The normalized spacial score (nSPS) is 16.3. The summed E-state index contributed by atoms with van der Waals surface area (Å²) in [4.78, 5) is 24.2. The van der Waals surface area contributed by atoms with Crippen LogP contribution in [0.2, 0.25) is 0 Å². The molecule has 0 aromatic heterocycles. The summed E-state index contributed by atoms with van der Waals surface area (Å²) in [6.45, 7) is 7.71. The zero-order valence-electron chi connectivity index (χ0n) is 13.9. The minimum atomic E-state index is -0.594. The van der Waals surface area contributed by atoms with Crippen molar-refractivity contribution < 1.29 is 19.4 Å². The fourth-order valence-corrected chi connectivity index (χ4v) is 2.23. The number of carbonyl (C=O) groups excluding carboxylic acids is 2. The van der Waals surface area contributed by atoms with Crippen LogP contribution >= 0.6 is 0 Å². The second kappa shape index (κ2) is 7.78. The van der Waals surface area contributed by atoms with Gasteiger partial charge in [-0.3, -0.25) is 9.59 Å². The number of rotatable bonds is 6. The van der Waals surface area contributed by atoms with Gasteiger partial charge < -0.3 is 9.84 Å². The first-order valence-electron chi connectivity index (χ1n) is 7.35. The molecule has 0 bridgehead atoms. The van der Waals surface area contributed by atoms with E-state index < -0.39 is 17.3 Å². The summed E-state index contributed by atoms with van der Waals surface area (Å²) in [5, 5.41) is 9.79. The van der Waals surface area contributed by atoms with Crippen LogP contribution in [0.1, 0.15) is 47.0 Å². The topological polar surface area (TPSA) is 63.6 Å². The highest BCUT2D eigenvalue weighted by Crippen LogP contribution is 2.26. The lowest BCUT2D eigenvalue weighted by Gasteiger charge is -2.17. The van der Waals surface area contributed by atoms with Gasteiger partial charge in [0.25, 0.3) is 0 Å². The molecule has 0 radical (unpaired) electrons. The fourth-order valence-electron chi connectivity index (χ4n) is 2.23. The van der Waals surface area contributed by atoms with Crippen molar-refractivity contribution in [1.82, 2.24) is 0 Å². The fraction of sp³-hybridized carbons (Fsp3) is 0.444. The summed E-state index contributed by atoms with van der Waals surface area (Å²) in [6, 6.07) is 0. The third kappa shape index (κ3) is 4.20. The first kappa shape index (κ1) is 18.0. The molecule has 0 aromatic rings. The number of aliphatic hydroxyl groups is 1. The Balaban J connectivity index is 2.85. The maximum Gasteiger partial charge on any atom is 0.228 e. The third-order valence-corrected chi connectivity index (χ3v) is 3.65. The molecule has 1 N–H and O–H groups in total. The van der Waals surface area contributed by atoms with Crippen LogP contribution in [0.3, 0.4) is 0 Å². The van der Waals surface area contributed by atoms with Gasteiger partial charge in [-0.25, -0.2) is 0 Å². The number of ketones is 2. The molecule has 0 atom stereocenters. The van der Waals surface area contributed by atoms with Gasteiger partial charge in [-0.2, -0.15) is 0 Å². The number of methoxy groups -OCH3 is 1. The SMILES string of the molecule is COC1=C(O)C(=O)C(C/C=C(\C)CCC=C(C)C)=C(C)C1=O. The molecule has 0 aromatic carbocycles. The van der Waals surface area contributed by atoms with Gasteiger partial charge in [-0.05, 0) is 47.0 Å². The Morgan fingerprint density at radius 1 is 1.14 bits per heavy atom. The Labute approximate surface area is 131 Å². The van der Waals surface area contributed by atoms with Gasteiger partial charge in [-0.15, -0.1) is 0 Å². The van der Waals surface area contributed by atoms with Crippen molar-refractivity contribution in [2.45, 2.75) is 47.0 Å². The van der Waals surface area contributed by atoms with Crippen LogP contribution in [0.25, 0.3) is 0 Å². The molecule has 0 amide bonds. The molecule has 22 heavy (non-hydrogen) atoms. The molecule has 0 saturated carbocycles. The average molecular weight is 304 g/mol. The number of hydrogen-bond acceptors (Lipinski definition) is 4. The maximum atomic E-state index is 12.1. The molecular weight excluding hydrogens is 280 g/mol. The van der Waals surface area contributed by atoms with Crippen LogP contribution in [-0.4, -0.2) is 23.8 Å². The predicted molar refractivity (Wildman–Crippen MR) is 86.4 cm³/mol. The van der Waals surface area contributed by atoms with Crippen LogP contribution in [0.15, 0.2) is 46.0 Å². The van der Waals surface area contributed by atoms with E-state index in [0.717, 1.165) is 18.4 Å². The molecular formula is C18H24O4. The Bertz CT molecular complexity index is 597. The zero-order valence-corrected chi connectivity index (χ0v) is 13.9. The first-order valence-corrected chi connectivity index (χ1v) is 7.35. The molecule has 0 heterocycles. The van der Waals surface area contributed by atoms with Gasteiger partial charge in [0, 0.05) is 11.1 Å². The molecule has 0 unspecified atom stereocenters. The van der Waals surface area contributed by atoms with Crippen LogP contribution in [0.5, 0.6) is 0 Å². The van der Waals surface area contributed by atoms with Crippen molar-refractivity contribution in [3.8, 4) is 0 Å². The van der Waals surface area contributed by atoms with Gasteiger partial charge in [0.15, 0.2) is 0 Å². The second-order valence-electron chi connectivity index (χ2n) is 5.72. The van der Waals surface area contributed by atoms with Gasteiger partial charge in [0.05, 0.1) is 7.11 Å². The molecule has 120 valence electrons. The van der Waals surface area contributed by atoms with Crippen LogP contribution < -0.4 is 0 Å². The maximum absolute atomic E-state index is 12.1. The van der Waals surface area contributed by atoms with Crippen LogP contribution in [0.4, 0.5) is 0 Å². The molecule has 1 rings (SSSR count). The molecule has 4 heteroatoms. The van der Waals surface area contributed by atoms with E-state index in [1.807, 2.05) is 13.0 Å². The monoisotopic (exact) mass is 304 g/mol. The lowest BCUT2D eigenvalue weighted by Crippen LogP contribution is -2.23. The molecule has 1 aliphatic rings. The van der Waals surface area contributed by atoms with Gasteiger partial charge >= 0.3 is 0 Å². The Morgan fingerprint density at radius 2 is 1.77 bits per heavy atom. The zero-order chi connectivity index (χ0) is 16.9. The van der Waals surface area contributed by atoms with Crippen molar-refractivity contribution >= 4 is 11.6 Å². The molecule has 0 fully saturated rings. The Kier molecular flexibility index (Phi) is 6.35. The number of hydrogen-bond donors (Lipinski definition) is 1. The van der Waals surface area contributed by atoms with E-state index in [9.17, 15) is 14.7 Å². The molecule has 4 nitrogen and oxygen atoms in total. The van der Waals surface area contributed by atoms with Crippen molar-refractivity contribution in [3.05, 3.63) is 46.0 Å². The minimum Gasteiger partial charge on any atom is -0.501 e. The second-order valence-corrected chi connectivity index (χ2v) is 5.72. The van der Waals surface area contributed by atoms with Crippen LogP contribution in [-0.2, 0) is 14.3 Å². The van der Waals surface area contributed by atoms with Gasteiger partial charge in [0.2, 0.25) is 23.1 Å². The summed E-state index contributed by atoms with van der Waals surface area (Å²) in [6.07, 6.45) is 6.31. The lowest BCUT2D eigenvalue weighted by atomic mass is 9.90. The summed E-state index contributed by atoms with van der Waals surface area (Å²) in [5.74, 6) is -1.81. The van der Waals surface area contributed by atoms with E-state index in [1.165, 1.54) is 12.7 Å². The van der Waals surface area contributed by atoms with Crippen molar-refractivity contribution in [3.63, 3.8) is 0 Å². The predicted octanol–water partition coefficient (Wildman–Crippen LogP) is 3.95. The largest absolute Gasteiger partial charge is 0.501 e. The molecule has 1 aliphatic carbocycles. The number of aliphatic hydroxyl groups excluding tert-OH is 1. The minimum absolute atomic E-state index is 0.268. The summed E-state index contributed by atoms with van der Waals surface area (Å²) in [5.41, 5.74) is 3.11. The van der Waals surface area contributed by atoms with E-state index >= 15 is 0 Å². The number of allylic oxidation sites excluding steroid dienone is 6. The lowest BCUT2D eigenvalue weighted by molar-refractivity contribution is -0.120. The number of carbonyl (C=O) groups is 2.